The largest absolute Gasteiger partial charge is 0.339 e. The van der Waals surface area contributed by atoms with E-state index >= 15 is 0 Å². The fraction of sp³-hybridized carbons (Fsp3) is 0.500. The molecule has 1 aromatic heterocycles. The molecule has 0 saturated heterocycles. The molecule has 2 atom stereocenters. The van der Waals surface area contributed by atoms with Gasteiger partial charge in [0.15, 0.2) is 5.82 Å². The standard InChI is InChI=1S/C16H21N3O/c1-11(9-10-17)16-18-15(19-20-16)14-8-4-6-12-5-2-3-7-13(12)14/h2-3,5,7,11,14H,4,6,8-10,17H2,1H3. The summed E-state index contributed by atoms with van der Waals surface area (Å²) in [6.07, 6.45) is 4.31. The molecule has 2 aromatic rings. The predicted molar refractivity (Wildman–Crippen MR) is 77.6 cm³/mol. The monoisotopic (exact) mass is 271 g/mol. The van der Waals surface area contributed by atoms with Crippen LogP contribution in [0.2, 0.25) is 0 Å². The quantitative estimate of drug-likeness (QED) is 0.928. The van der Waals surface area contributed by atoms with Crippen molar-refractivity contribution in [1.82, 2.24) is 10.1 Å². The van der Waals surface area contributed by atoms with Gasteiger partial charge < -0.3 is 10.3 Å². The van der Waals surface area contributed by atoms with E-state index in [9.17, 15) is 0 Å². The smallest absolute Gasteiger partial charge is 0.229 e. The molecule has 2 unspecified atom stereocenters. The third-order valence-electron chi connectivity index (χ3n) is 4.16. The van der Waals surface area contributed by atoms with Gasteiger partial charge in [-0.3, -0.25) is 0 Å². The minimum atomic E-state index is 0.236. The van der Waals surface area contributed by atoms with E-state index in [0.29, 0.717) is 12.4 Å². The number of fused-ring (bicyclic) bond motifs is 1. The van der Waals surface area contributed by atoms with E-state index in [4.69, 9.17) is 10.3 Å². The molecule has 1 aliphatic carbocycles. The fourth-order valence-corrected chi connectivity index (χ4v) is 2.98. The summed E-state index contributed by atoms with van der Waals surface area (Å²) in [7, 11) is 0. The van der Waals surface area contributed by atoms with Crippen LogP contribution in [0, 0.1) is 0 Å². The van der Waals surface area contributed by atoms with Crippen molar-refractivity contribution in [3.05, 3.63) is 47.1 Å². The summed E-state index contributed by atoms with van der Waals surface area (Å²) in [6, 6.07) is 8.60. The number of aromatic nitrogens is 2. The van der Waals surface area contributed by atoms with Gasteiger partial charge in [0.25, 0.3) is 0 Å². The number of rotatable bonds is 4. The van der Waals surface area contributed by atoms with Crippen molar-refractivity contribution in [2.24, 2.45) is 5.73 Å². The van der Waals surface area contributed by atoms with Gasteiger partial charge in [-0.2, -0.15) is 4.98 Å². The summed E-state index contributed by atoms with van der Waals surface area (Å²) in [4.78, 5) is 4.62. The molecule has 0 spiro atoms. The number of nitrogens with zero attached hydrogens (tertiary/aromatic N) is 2. The zero-order valence-electron chi connectivity index (χ0n) is 11.9. The van der Waals surface area contributed by atoms with Gasteiger partial charge in [0.05, 0.1) is 0 Å². The minimum Gasteiger partial charge on any atom is -0.339 e. The van der Waals surface area contributed by atoms with Crippen molar-refractivity contribution in [1.29, 1.82) is 0 Å². The molecule has 0 bridgehead atoms. The Morgan fingerprint density at radius 1 is 1.40 bits per heavy atom. The van der Waals surface area contributed by atoms with Crippen molar-refractivity contribution in [2.75, 3.05) is 6.54 Å². The Kier molecular flexibility index (Phi) is 3.83. The van der Waals surface area contributed by atoms with Gasteiger partial charge in [-0.15, -0.1) is 0 Å². The molecule has 1 aliphatic rings. The lowest BCUT2D eigenvalue weighted by atomic mass is 9.82. The van der Waals surface area contributed by atoms with Gasteiger partial charge in [0.2, 0.25) is 5.89 Å². The maximum absolute atomic E-state index is 5.59. The van der Waals surface area contributed by atoms with Crippen molar-refractivity contribution in [3.8, 4) is 0 Å². The molecule has 4 heteroatoms. The second kappa shape index (κ2) is 5.75. The summed E-state index contributed by atoms with van der Waals surface area (Å²) in [6.45, 7) is 2.73. The molecule has 4 nitrogen and oxygen atoms in total. The first-order chi connectivity index (χ1) is 9.79. The molecular formula is C16H21N3O. The third-order valence-corrected chi connectivity index (χ3v) is 4.16. The Hall–Kier alpha value is -1.68. The molecule has 1 aromatic carbocycles. The SMILES string of the molecule is CC(CCN)c1nc(C2CCCc3ccccc32)no1. The van der Waals surface area contributed by atoms with Crippen LogP contribution in [0.25, 0.3) is 0 Å². The van der Waals surface area contributed by atoms with E-state index in [1.807, 2.05) is 0 Å². The number of hydrogen-bond donors (Lipinski definition) is 1. The van der Waals surface area contributed by atoms with Crippen LogP contribution in [0.3, 0.4) is 0 Å². The van der Waals surface area contributed by atoms with E-state index in [-0.39, 0.29) is 11.8 Å². The third kappa shape index (κ3) is 2.48. The predicted octanol–water partition coefficient (Wildman–Crippen LogP) is 2.99. The van der Waals surface area contributed by atoms with Crippen molar-refractivity contribution in [2.45, 2.75) is 44.4 Å². The van der Waals surface area contributed by atoms with Gasteiger partial charge in [-0.1, -0.05) is 36.3 Å². The van der Waals surface area contributed by atoms with Crippen LogP contribution in [0.15, 0.2) is 28.8 Å². The lowest BCUT2D eigenvalue weighted by molar-refractivity contribution is 0.348. The van der Waals surface area contributed by atoms with Gasteiger partial charge in [-0.25, -0.2) is 0 Å². The summed E-state index contributed by atoms with van der Waals surface area (Å²) in [5.74, 6) is 2.06. The van der Waals surface area contributed by atoms with Crippen LogP contribution in [-0.2, 0) is 6.42 Å². The van der Waals surface area contributed by atoms with Crippen LogP contribution >= 0.6 is 0 Å². The van der Waals surface area contributed by atoms with E-state index in [2.05, 4.69) is 41.3 Å². The van der Waals surface area contributed by atoms with Gasteiger partial charge in [-0.05, 0) is 43.4 Å². The topological polar surface area (TPSA) is 64.9 Å². The summed E-state index contributed by atoms with van der Waals surface area (Å²) >= 11 is 0. The minimum absolute atomic E-state index is 0.236. The Bertz CT molecular complexity index is 579. The molecule has 20 heavy (non-hydrogen) atoms. The molecule has 0 fully saturated rings. The highest BCUT2D eigenvalue weighted by Crippen LogP contribution is 2.35. The zero-order chi connectivity index (χ0) is 13.9. The average Bonchev–Trinajstić information content (AvgIpc) is 2.97. The molecule has 0 saturated carbocycles. The van der Waals surface area contributed by atoms with Gasteiger partial charge in [0, 0.05) is 11.8 Å². The number of aryl methyl sites for hydroxylation is 1. The Morgan fingerprint density at radius 3 is 3.10 bits per heavy atom. The molecule has 0 radical (unpaired) electrons. The second-order valence-electron chi connectivity index (χ2n) is 5.61. The Morgan fingerprint density at radius 2 is 2.25 bits per heavy atom. The van der Waals surface area contributed by atoms with Crippen LogP contribution < -0.4 is 5.73 Å². The Balaban J connectivity index is 1.87. The number of benzene rings is 1. The summed E-state index contributed by atoms with van der Waals surface area (Å²) in [5.41, 5.74) is 8.37. The molecule has 1 heterocycles. The molecule has 0 aliphatic heterocycles. The highest BCUT2D eigenvalue weighted by Gasteiger charge is 2.26. The number of hydrogen-bond acceptors (Lipinski definition) is 4. The van der Waals surface area contributed by atoms with E-state index in [1.165, 1.54) is 17.5 Å². The maximum Gasteiger partial charge on any atom is 0.229 e. The highest BCUT2D eigenvalue weighted by molar-refractivity contribution is 5.36. The molecular weight excluding hydrogens is 250 g/mol. The van der Waals surface area contributed by atoms with Crippen molar-refractivity contribution < 1.29 is 4.52 Å². The van der Waals surface area contributed by atoms with Crippen LogP contribution in [-0.4, -0.2) is 16.7 Å². The molecule has 2 N–H and O–H groups in total. The summed E-state index contributed by atoms with van der Waals surface area (Å²) < 4.78 is 5.43. The van der Waals surface area contributed by atoms with Gasteiger partial charge >= 0.3 is 0 Å². The van der Waals surface area contributed by atoms with Crippen LogP contribution in [0.4, 0.5) is 0 Å². The highest BCUT2D eigenvalue weighted by atomic mass is 16.5. The van der Waals surface area contributed by atoms with Crippen molar-refractivity contribution in [3.63, 3.8) is 0 Å². The molecule has 0 amide bonds. The first-order valence-corrected chi connectivity index (χ1v) is 7.41. The first-order valence-electron chi connectivity index (χ1n) is 7.41. The van der Waals surface area contributed by atoms with Crippen LogP contribution in [0.1, 0.15) is 60.9 Å². The summed E-state index contributed by atoms with van der Waals surface area (Å²) in [5, 5.41) is 4.22. The lowest BCUT2D eigenvalue weighted by Crippen LogP contribution is -2.12. The first kappa shape index (κ1) is 13.3. The molecule has 106 valence electrons. The van der Waals surface area contributed by atoms with E-state index < -0.39 is 0 Å². The van der Waals surface area contributed by atoms with E-state index in [0.717, 1.165) is 25.1 Å². The molecule has 3 rings (SSSR count). The van der Waals surface area contributed by atoms with Crippen molar-refractivity contribution >= 4 is 0 Å². The van der Waals surface area contributed by atoms with E-state index in [1.54, 1.807) is 0 Å². The second-order valence-corrected chi connectivity index (χ2v) is 5.61. The lowest BCUT2D eigenvalue weighted by Gasteiger charge is -2.22. The fourth-order valence-electron chi connectivity index (χ4n) is 2.98. The number of nitrogens with two attached hydrogens (primary N) is 1. The van der Waals surface area contributed by atoms with Gasteiger partial charge in [0.1, 0.15) is 0 Å². The maximum atomic E-state index is 5.59. The van der Waals surface area contributed by atoms with Crippen LogP contribution in [0.5, 0.6) is 0 Å². The average molecular weight is 271 g/mol. The Labute approximate surface area is 119 Å². The zero-order valence-corrected chi connectivity index (χ0v) is 11.9. The normalized spacial score (nSPS) is 19.6.